The highest BCUT2D eigenvalue weighted by molar-refractivity contribution is 6.31. The third-order valence-electron chi connectivity index (χ3n) is 2.61. The summed E-state index contributed by atoms with van der Waals surface area (Å²) in [7, 11) is 0. The molecule has 0 fully saturated rings. The van der Waals surface area contributed by atoms with Gasteiger partial charge in [0.15, 0.2) is 0 Å². The smallest absolute Gasteiger partial charge is 0.114 e. The second-order valence-corrected chi connectivity index (χ2v) is 4.90. The summed E-state index contributed by atoms with van der Waals surface area (Å²) in [6.07, 6.45) is 1.71. The predicted molar refractivity (Wildman–Crippen MR) is 66.4 cm³/mol. The maximum Gasteiger partial charge on any atom is 0.114 e. The van der Waals surface area contributed by atoms with E-state index in [2.05, 4.69) is 10.3 Å². The summed E-state index contributed by atoms with van der Waals surface area (Å²) in [5, 5.41) is 18.5. The number of benzene rings is 1. The molecule has 0 aliphatic rings. The molecule has 0 saturated carbocycles. The van der Waals surface area contributed by atoms with Crippen LogP contribution in [0.5, 0.6) is 0 Å². The summed E-state index contributed by atoms with van der Waals surface area (Å²) in [6.45, 7) is 5.27. The van der Waals surface area contributed by atoms with Gasteiger partial charge in [0.05, 0.1) is 11.9 Å². The van der Waals surface area contributed by atoms with Gasteiger partial charge in [-0.3, -0.25) is 0 Å². The zero-order chi connectivity index (χ0) is 12.6. The molecule has 0 amide bonds. The van der Waals surface area contributed by atoms with Crippen molar-refractivity contribution < 1.29 is 5.11 Å². The van der Waals surface area contributed by atoms with Crippen molar-refractivity contribution in [2.24, 2.45) is 0 Å². The van der Waals surface area contributed by atoms with E-state index in [0.717, 1.165) is 11.3 Å². The molecule has 0 bridgehead atoms. The molecular formula is C12H14ClN3O. The lowest BCUT2D eigenvalue weighted by molar-refractivity contribution is 0.0737. The molecule has 2 rings (SSSR count). The van der Waals surface area contributed by atoms with Crippen molar-refractivity contribution in [2.45, 2.75) is 26.4 Å². The van der Waals surface area contributed by atoms with Crippen LogP contribution in [0.2, 0.25) is 5.02 Å². The van der Waals surface area contributed by atoms with Crippen LogP contribution in [0.3, 0.4) is 0 Å². The van der Waals surface area contributed by atoms with Crippen molar-refractivity contribution >= 4 is 11.6 Å². The number of hydrogen-bond acceptors (Lipinski definition) is 3. The van der Waals surface area contributed by atoms with Gasteiger partial charge in [-0.25, -0.2) is 4.68 Å². The first-order chi connectivity index (χ1) is 7.89. The molecule has 0 saturated heterocycles. The van der Waals surface area contributed by atoms with E-state index in [4.69, 9.17) is 11.6 Å². The van der Waals surface area contributed by atoms with Gasteiger partial charge in [0.1, 0.15) is 11.3 Å². The maximum absolute atomic E-state index is 9.83. The highest BCUT2D eigenvalue weighted by atomic mass is 35.5. The Kier molecular flexibility index (Phi) is 2.93. The summed E-state index contributed by atoms with van der Waals surface area (Å²) in [5.41, 5.74) is 1.32. The third-order valence-corrected chi connectivity index (χ3v) is 3.02. The monoisotopic (exact) mass is 251 g/mol. The lowest BCUT2D eigenvalue weighted by Gasteiger charge is -2.12. The summed E-state index contributed by atoms with van der Waals surface area (Å²) in [4.78, 5) is 0. The van der Waals surface area contributed by atoms with Gasteiger partial charge in [-0.05, 0) is 38.5 Å². The van der Waals surface area contributed by atoms with E-state index in [-0.39, 0.29) is 0 Å². The predicted octanol–water partition coefficient (Wildman–Crippen LogP) is 2.46. The molecule has 90 valence electrons. The molecule has 0 aliphatic heterocycles. The van der Waals surface area contributed by atoms with Crippen molar-refractivity contribution in [3.05, 3.63) is 40.7 Å². The molecule has 0 unspecified atom stereocenters. The molecule has 17 heavy (non-hydrogen) atoms. The molecule has 0 atom stereocenters. The summed E-state index contributed by atoms with van der Waals surface area (Å²) >= 11 is 6.05. The van der Waals surface area contributed by atoms with Crippen LogP contribution in [0, 0.1) is 6.92 Å². The summed E-state index contributed by atoms with van der Waals surface area (Å²) < 4.78 is 1.62. The first-order valence-electron chi connectivity index (χ1n) is 5.30. The Morgan fingerprint density at radius 2 is 2.06 bits per heavy atom. The van der Waals surface area contributed by atoms with E-state index in [1.165, 1.54) is 0 Å². The van der Waals surface area contributed by atoms with Crippen molar-refractivity contribution in [3.63, 3.8) is 0 Å². The fraction of sp³-hybridized carbons (Fsp3) is 0.333. The quantitative estimate of drug-likeness (QED) is 0.892. The SMILES string of the molecule is Cc1c(Cl)cccc1-n1cc(C(C)(C)O)nn1. The lowest BCUT2D eigenvalue weighted by Crippen LogP contribution is -2.15. The van der Waals surface area contributed by atoms with E-state index in [9.17, 15) is 5.11 Å². The standard InChI is InChI=1S/C12H14ClN3O/c1-8-9(13)5-4-6-10(8)16-7-11(14-15-16)12(2,3)17/h4-7,17H,1-3H3. The minimum atomic E-state index is -0.995. The van der Waals surface area contributed by atoms with E-state index in [0.29, 0.717) is 10.7 Å². The van der Waals surface area contributed by atoms with E-state index in [1.54, 1.807) is 24.7 Å². The molecule has 2 aromatic rings. The van der Waals surface area contributed by atoms with Crippen molar-refractivity contribution in [1.82, 2.24) is 15.0 Å². The largest absolute Gasteiger partial charge is 0.384 e. The number of nitrogens with zero attached hydrogens (tertiary/aromatic N) is 3. The van der Waals surface area contributed by atoms with Crippen molar-refractivity contribution in [3.8, 4) is 5.69 Å². The normalized spacial score (nSPS) is 11.8. The first kappa shape index (κ1) is 12.1. The third kappa shape index (κ3) is 2.33. The van der Waals surface area contributed by atoms with E-state index >= 15 is 0 Å². The molecule has 1 heterocycles. The van der Waals surface area contributed by atoms with E-state index in [1.807, 2.05) is 25.1 Å². The Bertz CT molecular complexity index is 543. The molecule has 4 nitrogen and oxygen atoms in total. The van der Waals surface area contributed by atoms with Gasteiger partial charge < -0.3 is 5.11 Å². The lowest BCUT2D eigenvalue weighted by atomic mass is 10.1. The van der Waals surface area contributed by atoms with Crippen LogP contribution in [0.25, 0.3) is 5.69 Å². The minimum Gasteiger partial charge on any atom is -0.384 e. The van der Waals surface area contributed by atoms with Crippen LogP contribution in [-0.2, 0) is 5.60 Å². The topological polar surface area (TPSA) is 50.9 Å². The fourth-order valence-corrected chi connectivity index (χ4v) is 1.68. The van der Waals surface area contributed by atoms with Gasteiger partial charge >= 0.3 is 0 Å². The highest BCUT2D eigenvalue weighted by Gasteiger charge is 2.20. The fourth-order valence-electron chi connectivity index (χ4n) is 1.51. The zero-order valence-corrected chi connectivity index (χ0v) is 10.7. The summed E-state index contributed by atoms with van der Waals surface area (Å²) in [5.74, 6) is 0. The molecule has 0 radical (unpaired) electrons. The van der Waals surface area contributed by atoms with Crippen LogP contribution in [0.15, 0.2) is 24.4 Å². The van der Waals surface area contributed by atoms with Crippen molar-refractivity contribution in [1.29, 1.82) is 0 Å². The van der Waals surface area contributed by atoms with Gasteiger partial charge in [-0.1, -0.05) is 22.9 Å². The van der Waals surface area contributed by atoms with Gasteiger partial charge in [0.2, 0.25) is 0 Å². The number of aliphatic hydroxyl groups is 1. The molecule has 0 spiro atoms. The van der Waals surface area contributed by atoms with Crippen LogP contribution in [0.4, 0.5) is 0 Å². The number of halogens is 1. The second kappa shape index (κ2) is 4.13. The Labute approximate surface area is 105 Å². The second-order valence-electron chi connectivity index (χ2n) is 4.49. The molecule has 0 aliphatic carbocycles. The van der Waals surface area contributed by atoms with Gasteiger partial charge in [-0.2, -0.15) is 0 Å². The molecule has 1 aromatic carbocycles. The number of hydrogen-bond donors (Lipinski definition) is 1. The zero-order valence-electron chi connectivity index (χ0n) is 9.98. The van der Waals surface area contributed by atoms with Crippen LogP contribution < -0.4 is 0 Å². The summed E-state index contributed by atoms with van der Waals surface area (Å²) in [6, 6.07) is 5.59. The minimum absolute atomic E-state index is 0.525. The van der Waals surface area contributed by atoms with Crippen LogP contribution in [0.1, 0.15) is 25.1 Å². The Hall–Kier alpha value is -1.39. The van der Waals surface area contributed by atoms with Gasteiger partial charge in [-0.15, -0.1) is 5.10 Å². The molecule has 5 heteroatoms. The Morgan fingerprint density at radius 1 is 1.35 bits per heavy atom. The average Bonchev–Trinajstić information content (AvgIpc) is 2.70. The maximum atomic E-state index is 9.83. The molecule has 1 N–H and O–H groups in total. The molecule has 1 aromatic heterocycles. The van der Waals surface area contributed by atoms with E-state index < -0.39 is 5.60 Å². The van der Waals surface area contributed by atoms with Gasteiger partial charge in [0, 0.05) is 5.02 Å². The average molecular weight is 252 g/mol. The Morgan fingerprint density at radius 3 is 2.65 bits per heavy atom. The van der Waals surface area contributed by atoms with Crippen molar-refractivity contribution in [2.75, 3.05) is 0 Å². The first-order valence-corrected chi connectivity index (χ1v) is 5.68. The van der Waals surface area contributed by atoms with Gasteiger partial charge in [0.25, 0.3) is 0 Å². The van der Waals surface area contributed by atoms with Crippen LogP contribution >= 0.6 is 11.6 Å². The molecular weight excluding hydrogens is 238 g/mol. The van der Waals surface area contributed by atoms with Crippen LogP contribution in [-0.4, -0.2) is 20.1 Å². The highest BCUT2D eigenvalue weighted by Crippen LogP contribution is 2.23. The number of aromatic nitrogens is 3. The number of rotatable bonds is 2. The Balaban J connectivity index is 2.48.